The summed E-state index contributed by atoms with van der Waals surface area (Å²) in [5.41, 5.74) is 9.52. The third kappa shape index (κ3) is 3.82. The quantitative estimate of drug-likeness (QED) is 0.841. The lowest BCUT2D eigenvalue weighted by atomic mass is 9.88. The van der Waals surface area contributed by atoms with Gasteiger partial charge in [-0.1, -0.05) is 30.3 Å². The van der Waals surface area contributed by atoms with Crippen LogP contribution in [0.25, 0.3) is 0 Å². The molecule has 3 heteroatoms. The molecule has 1 saturated heterocycles. The Morgan fingerprint density at radius 2 is 1.72 bits per heavy atom. The first kappa shape index (κ1) is 16.5. The Kier molecular flexibility index (Phi) is 4.93. The van der Waals surface area contributed by atoms with Gasteiger partial charge in [-0.15, -0.1) is 0 Å². The Balaban J connectivity index is 1.29. The van der Waals surface area contributed by atoms with Crippen LogP contribution < -0.4 is 10.5 Å². The number of nitrogens with zero attached hydrogens (tertiary/aromatic N) is 1. The van der Waals surface area contributed by atoms with Gasteiger partial charge in [0.05, 0.1) is 6.61 Å². The highest BCUT2D eigenvalue weighted by atomic mass is 16.5. The highest BCUT2D eigenvalue weighted by Gasteiger charge is 2.24. The summed E-state index contributed by atoms with van der Waals surface area (Å²) in [4.78, 5) is 2.64. The summed E-state index contributed by atoms with van der Waals surface area (Å²) in [5, 5.41) is 0. The highest BCUT2D eigenvalue weighted by Crippen LogP contribution is 2.36. The van der Waals surface area contributed by atoms with E-state index in [9.17, 15) is 0 Å². The number of piperidine rings is 1. The fraction of sp³-hybridized carbons (Fsp3) is 0.455. The molecule has 0 bridgehead atoms. The number of rotatable bonds is 4. The first-order valence-electron chi connectivity index (χ1n) is 9.59. The molecule has 2 aromatic rings. The van der Waals surface area contributed by atoms with E-state index in [2.05, 4.69) is 41.3 Å². The number of likely N-dealkylation sites (tertiary alicyclic amines) is 1. The topological polar surface area (TPSA) is 38.5 Å². The zero-order chi connectivity index (χ0) is 17.1. The van der Waals surface area contributed by atoms with Crippen molar-refractivity contribution in [1.29, 1.82) is 0 Å². The van der Waals surface area contributed by atoms with Gasteiger partial charge in [0.2, 0.25) is 0 Å². The predicted molar refractivity (Wildman–Crippen MR) is 103 cm³/mol. The van der Waals surface area contributed by atoms with E-state index in [0.29, 0.717) is 11.8 Å². The number of benzene rings is 2. The minimum Gasteiger partial charge on any atom is -0.493 e. The fourth-order valence-corrected chi connectivity index (χ4v) is 4.31. The second kappa shape index (κ2) is 7.49. The van der Waals surface area contributed by atoms with Crippen LogP contribution in [0.1, 0.15) is 48.6 Å². The van der Waals surface area contributed by atoms with Crippen molar-refractivity contribution in [1.82, 2.24) is 4.90 Å². The maximum absolute atomic E-state index is 5.81. The minimum absolute atomic E-state index is 0.653. The van der Waals surface area contributed by atoms with Gasteiger partial charge in [-0.25, -0.2) is 0 Å². The summed E-state index contributed by atoms with van der Waals surface area (Å²) in [6, 6.07) is 17.0. The molecule has 3 nitrogen and oxygen atoms in total. The second-order valence-electron chi connectivity index (χ2n) is 7.44. The van der Waals surface area contributed by atoms with Gasteiger partial charge in [-0.3, -0.25) is 0 Å². The molecule has 0 saturated carbocycles. The Hall–Kier alpha value is -2.00. The van der Waals surface area contributed by atoms with E-state index in [0.717, 1.165) is 24.5 Å². The van der Waals surface area contributed by atoms with E-state index in [-0.39, 0.29) is 0 Å². The summed E-state index contributed by atoms with van der Waals surface area (Å²) in [7, 11) is 0. The number of nitrogen functional groups attached to an aromatic ring is 1. The molecular formula is C22H28N2O. The fourth-order valence-electron chi connectivity index (χ4n) is 4.31. The van der Waals surface area contributed by atoms with Crippen LogP contribution in [0.3, 0.4) is 0 Å². The molecule has 0 amide bonds. The number of ether oxygens (including phenoxy) is 1. The summed E-state index contributed by atoms with van der Waals surface area (Å²) in [6.45, 7) is 4.48. The van der Waals surface area contributed by atoms with E-state index in [1.165, 1.54) is 50.0 Å². The molecule has 2 aliphatic heterocycles. The van der Waals surface area contributed by atoms with Crippen molar-refractivity contribution in [2.24, 2.45) is 0 Å². The van der Waals surface area contributed by atoms with Crippen molar-refractivity contribution >= 4 is 5.69 Å². The normalized spacial score (nSPS) is 21.5. The first-order valence-corrected chi connectivity index (χ1v) is 9.59. The molecule has 25 heavy (non-hydrogen) atoms. The van der Waals surface area contributed by atoms with Crippen LogP contribution in [0.2, 0.25) is 0 Å². The van der Waals surface area contributed by atoms with Crippen molar-refractivity contribution in [3.05, 3.63) is 59.7 Å². The van der Waals surface area contributed by atoms with Crippen molar-refractivity contribution in [3.8, 4) is 5.75 Å². The minimum atomic E-state index is 0.653. The molecule has 2 heterocycles. The van der Waals surface area contributed by atoms with Crippen LogP contribution in [-0.4, -0.2) is 31.1 Å². The van der Waals surface area contributed by atoms with Crippen LogP contribution in [0.15, 0.2) is 48.5 Å². The average molecular weight is 336 g/mol. The summed E-state index contributed by atoms with van der Waals surface area (Å²) < 4.78 is 5.79. The van der Waals surface area contributed by atoms with Crippen LogP contribution >= 0.6 is 0 Å². The summed E-state index contributed by atoms with van der Waals surface area (Å²) >= 11 is 0. The second-order valence-corrected chi connectivity index (χ2v) is 7.44. The van der Waals surface area contributed by atoms with Gasteiger partial charge in [-0.2, -0.15) is 0 Å². The van der Waals surface area contributed by atoms with Gasteiger partial charge in [0.25, 0.3) is 0 Å². The number of nitrogens with two attached hydrogens (primary N) is 1. The maximum atomic E-state index is 5.81. The monoisotopic (exact) mass is 336 g/mol. The van der Waals surface area contributed by atoms with E-state index in [1.54, 1.807) is 0 Å². The Bertz CT molecular complexity index is 689. The Labute approximate surface area is 150 Å². The lowest BCUT2D eigenvalue weighted by Crippen LogP contribution is -2.34. The van der Waals surface area contributed by atoms with Crippen molar-refractivity contribution in [2.75, 3.05) is 32.0 Å². The molecule has 1 unspecified atom stereocenters. The molecule has 2 aliphatic rings. The number of anilines is 1. The first-order chi connectivity index (χ1) is 12.3. The third-order valence-electron chi connectivity index (χ3n) is 5.87. The zero-order valence-electron chi connectivity index (χ0n) is 14.9. The van der Waals surface area contributed by atoms with Crippen LogP contribution in [-0.2, 0) is 0 Å². The summed E-state index contributed by atoms with van der Waals surface area (Å²) in [6.07, 6.45) is 4.91. The van der Waals surface area contributed by atoms with Gasteiger partial charge in [-0.05, 0) is 86.5 Å². The van der Waals surface area contributed by atoms with Gasteiger partial charge in [0.1, 0.15) is 5.75 Å². The van der Waals surface area contributed by atoms with E-state index < -0.39 is 0 Å². The van der Waals surface area contributed by atoms with Crippen LogP contribution in [0, 0.1) is 0 Å². The van der Waals surface area contributed by atoms with Gasteiger partial charge >= 0.3 is 0 Å². The zero-order valence-corrected chi connectivity index (χ0v) is 14.9. The predicted octanol–water partition coefficient (Wildman–Crippen LogP) is 4.40. The molecule has 0 radical (unpaired) electrons. The number of hydrogen-bond donors (Lipinski definition) is 1. The molecule has 1 fully saturated rings. The number of para-hydroxylation sites is 1. The largest absolute Gasteiger partial charge is 0.493 e. The van der Waals surface area contributed by atoms with Crippen LogP contribution in [0.5, 0.6) is 5.75 Å². The lowest BCUT2D eigenvalue weighted by Gasteiger charge is -2.34. The standard InChI is InChI=1S/C22H28N2O/c23-20-7-5-17(6-8-20)18-9-13-24(14-10-18)15-11-19-12-16-25-22-4-2-1-3-21(19)22/h1-8,18-19H,9-16,23H2. The van der Waals surface area contributed by atoms with Gasteiger partial charge in [0, 0.05) is 5.69 Å². The SMILES string of the molecule is Nc1ccc(C2CCN(CCC3CCOc4ccccc43)CC2)cc1. The molecule has 0 spiro atoms. The number of fused-ring (bicyclic) bond motifs is 1. The smallest absolute Gasteiger partial charge is 0.122 e. The van der Waals surface area contributed by atoms with Crippen LogP contribution in [0.4, 0.5) is 5.69 Å². The van der Waals surface area contributed by atoms with Gasteiger partial charge < -0.3 is 15.4 Å². The molecule has 0 aromatic heterocycles. The Morgan fingerprint density at radius 1 is 0.960 bits per heavy atom. The van der Waals surface area contributed by atoms with E-state index in [4.69, 9.17) is 10.5 Å². The molecular weight excluding hydrogens is 308 g/mol. The lowest BCUT2D eigenvalue weighted by molar-refractivity contribution is 0.195. The van der Waals surface area contributed by atoms with E-state index in [1.807, 2.05) is 12.1 Å². The molecule has 132 valence electrons. The van der Waals surface area contributed by atoms with Crippen molar-refractivity contribution in [2.45, 2.75) is 37.5 Å². The third-order valence-corrected chi connectivity index (χ3v) is 5.87. The molecule has 2 aromatic carbocycles. The molecule has 0 aliphatic carbocycles. The molecule has 1 atom stereocenters. The number of hydrogen-bond acceptors (Lipinski definition) is 3. The van der Waals surface area contributed by atoms with Crippen molar-refractivity contribution < 1.29 is 4.74 Å². The average Bonchev–Trinajstić information content (AvgIpc) is 2.67. The highest BCUT2D eigenvalue weighted by molar-refractivity contribution is 5.40. The summed E-state index contributed by atoms with van der Waals surface area (Å²) in [5.74, 6) is 2.45. The van der Waals surface area contributed by atoms with E-state index >= 15 is 0 Å². The van der Waals surface area contributed by atoms with Crippen molar-refractivity contribution in [3.63, 3.8) is 0 Å². The molecule has 2 N–H and O–H groups in total. The van der Waals surface area contributed by atoms with Gasteiger partial charge in [0.15, 0.2) is 0 Å². The maximum Gasteiger partial charge on any atom is 0.122 e. The molecule has 4 rings (SSSR count). The Morgan fingerprint density at radius 3 is 2.52 bits per heavy atom.